The van der Waals surface area contributed by atoms with Gasteiger partial charge in [-0.25, -0.2) is 0 Å². The summed E-state index contributed by atoms with van der Waals surface area (Å²) < 4.78 is 5.71. The Kier molecular flexibility index (Phi) is 9.28. The predicted octanol–water partition coefficient (Wildman–Crippen LogP) is 5.90. The minimum atomic E-state index is -0.202. The van der Waals surface area contributed by atoms with Gasteiger partial charge in [0.15, 0.2) is 0 Å². The number of piperazine rings is 1. The number of aryl methyl sites for hydroxylation is 2. The van der Waals surface area contributed by atoms with Gasteiger partial charge in [-0.2, -0.15) is 0 Å². The van der Waals surface area contributed by atoms with E-state index in [1.807, 2.05) is 48.2 Å². The number of hydrogen-bond acceptors (Lipinski definition) is 5. The fraction of sp³-hybridized carbons (Fsp3) is 0.394. The molecule has 1 N–H and O–H groups in total. The number of carbonyl (C=O) groups is 2. The zero-order valence-corrected chi connectivity index (χ0v) is 24.9. The van der Waals surface area contributed by atoms with Gasteiger partial charge in [-0.3, -0.25) is 9.59 Å². The van der Waals surface area contributed by atoms with Crippen LogP contribution in [-0.4, -0.2) is 74.5 Å². The van der Waals surface area contributed by atoms with Gasteiger partial charge in [-0.1, -0.05) is 29.8 Å². The first-order valence-corrected chi connectivity index (χ1v) is 14.8. The van der Waals surface area contributed by atoms with Crippen molar-refractivity contribution in [3.05, 3.63) is 87.9 Å². The number of fused-ring (bicyclic) bond motifs is 1. The Morgan fingerprint density at radius 3 is 2.54 bits per heavy atom. The van der Waals surface area contributed by atoms with Gasteiger partial charge >= 0.3 is 0 Å². The minimum Gasteiger partial charge on any atom is -0.496 e. The molecule has 3 aromatic rings. The van der Waals surface area contributed by atoms with Crippen LogP contribution in [0.4, 0.5) is 11.4 Å². The molecule has 1 atom stereocenters. The Bertz CT molecular complexity index is 1400. The third-order valence-electron chi connectivity index (χ3n) is 8.32. The van der Waals surface area contributed by atoms with Crippen molar-refractivity contribution >= 4 is 34.8 Å². The molecule has 1 unspecified atom stereocenters. The van der Waals surface area contributed by atoms with Crippen molar-refractivity contribution < 1.29 is 14.3 Å². The van der Waals surface area contributed by atoms with E-state index in [9.17, 15) is 9.59 Å². The Labute approximate surface area is 248 Å². The van der Waals surface area contributed by atoms with Crippen molar-refractivity contribution in [3.63, 3.8) is 0 Å². The summed E-state index contributed by atoms with van der Waals surface area (Å²) in [6, 6.07) is 18.6. The number of anilines is 2. The van der Waals surface area contributed by atoms with Gasteiger partial charge < -0.3 is 24.8 Å². The van der Waals surface area contributed by atoms with Crippen LogP contribution in [0, 0.1) is 6.92 Å². The van der Waals surface area contributed by atoms with E-state index in [4.69, 9.17) is 16.3 Å². The second-order valence-corrected chi connectivity index (χ2v) is 11.5. The van der Waals surface area contributed by atoms with Crippen LogP contribution in [0.25, 0.3) is 0 Å². The summed E-state index contributed by atoms with van der Waals surface area (Å²) in [5.41, 5.74) is 4.55. The van der Waals surface area contributed by atoms with Crippen LogP contribution in [0.2, 0.25) is 5.02 Å². The van der Waals surface area contributed by atoms with E-state index < -0.39 is 0 Å². The lowest BCUT2D eigenvalue weighted by atomic mass is 10.0. The topological polar surface area (TPSA) is 65.1 Å². The summed E-state index contributed by atoms with van der Waals surface area (Å²) in [7, 11) is 3.72. The van der Waals surface area contributed by atoms with Crippen molar-refractivity contribution in [3.8, 4) is 5.75 Å². The smallest absolute Gasteiger partial charge is 0.262 e. The average molecular weight is 575 g/mol. The molecule has 2 aliphatic rings. The highest BCUT2D eigenvalue weighted by atomic mass is 35.5. The molecule has 1 saturated heterocycles. The number of halogens is 1. The number of likely N-dealkylation sites (N-methyl/N-ethyl adjacent to an activating group) is 1. The minimum absolute atomic E-state index is 0.0507. The Morgan fingerprint density at radius 2 is 1.78 bits per heavy atom. The highest BCUT2D eigenvalue weighted by Gasteiger charge is 2.32. The molecule has 1 fully saturated rings. The lowest BCUT2D eigenvalue weighted by molar-refractivity contribution is 0.0965. The Morgan fingerprint density at radius 1 is 1.00 bits per heavy atom. The normalized spacial score (nSPS) is 18.0. The number of hydrogen-bond donors (Lipinski definition) is 1. The van der Waals surface area contributed by atoms with Crippen LogP contribution < -0.4 is 15.0 Å². The van der Waals surface area contributed by atoms with Crippen LogP contribution in [0.5, 0.6) is 5.75 Å². The fourth-order valence-electron chi connectivity index (χ4n) is 5.90. The Balaban J connectivity index is 1.42. The van der Waals surface area contributed by atoms with Crippen molar-refractivity contribution in [2.24, 2.45) is 0 Å². The van der Waals surface area contributed by atoms with E-state index >= 15 is 0 Å². The maximum absolute atomic E-state index is 14.4. The molecule has 2 heterocycles. The summed E-state index contributed by atoms with van der Waals surface area (Å²) in [4.78, 5) is 34.1. The number of carbonyl (C=O) groups excluding carboxylic acids is 2. The molecule has 0 saturated carbocycles. The third kappa shape index (κ3) is 6.75. The number of nitrogens with one attached hydrogen (secondary N) is 1. The van der Waals surface area contributed by atoms with E-state index in [0.717, 1.165) is 75.2 Å². The van der Waals surface area contributed by atoms with E-state index in [2.05, 4.69) is 22.2 Å². The summed E-state index contributed by atoms with van der Waals surface area (Å²) in [5, 5.41) is 3.63. The standard InChI is InChI=1S/C33H39ClN4O3/c1-23-7-4-5-10-28(23)32(39)35-26-12-13-29(31(22-26)41-3)33(40)38-27(15-16-37-19-17-36(2)18-20-37)9-6-8-24-21-25(34)11-14-30(24)38/h4-5,7,10-14,21-22,27H,6,8-9,15-20H2,1-3H3,(H,35,39). The molecule has 7 nitrogen and oxygen atoms in total. The lowest BCUT2D eigenvalue weighted by Gasteiger charge is -2.36. The quantitative estimate of drug-likeness (QED) is 0.381. The van der Waals surface area contributed by atoms with Gasteiger partial charge in [0.2, 0.25) is 0 Å². The maximum atomic E-state index is 14.4. The van der Waals surface area contributed by atoms with Crippen LogP contribution in [0.15, 0.2) is 60.7 Å². The number of nitrogens with zero attached hydrogens (tertiary/aromatic N) is 3. The molecule has 2 aliphatic heterocycles. The van der Waals surface area contributed by atoms with Crippen LogP contribution in [0.3, 0.4) is 0 Å². The first kappa shape index (κ1) is 29.1. The van der Waals surface area contributed by atoms with Crippen molar-refractivity contribution in [2.45, 2.75) is 38.6 Å². The number of amides is 2. The van der Waals surface area contributed by atoms with E-state index in [0.29, 0.717) is 27.6 Å². The van der Waals surface area contributed by atoms with Gasteiger partial charge in [-0.05, 0) is 87.2 Å². The zero-order valence-electron chi connectivity index (χ0n) is 24.2. The number of benzene rings is 3. The molecule has 0 bridgehead atoms. The van der Waals surface area contributed by atoms with Gasteiger partial charge in [0, 0.05) is 66.8 Å². The monoisotopic (exact) mass is 574 g/mol. The molecular formula is C33H39ClN4O3. The van der Waals surface area contributed by atoms with Crippen LogP contribution in [-0.2, 0) is 6.42 Å². The summed E-state index contributed by atoms with van der Waals surface area (Å²) in [5.74, 6) is 0.120. The largest absolute Gasteiger partial charge is 0.496 e. The molecule has 216 valence electrons. The molecule has 8 heteroatoms. The Hall–Kier alpha value is -3.39. The van der Waals surface area contributed by atoms with Gasteiger partial charge in [-0.15, -0.1) is 0 Å². The molecule has 0 aromatic heterocycles. The number of rotatable bonds is 7. The average Bonchev–Trinajstić information content (AvgIpc) is 3.15. The first-order valence-electron chi connectivity index (χ1n) is 14.4. The molecular weight excluding hydrogens is 536 g/mol. The molecule has 2 amide bonds. The molecule has 5 rings (SSSR count). The fourth-order valence-corrected chi connectivity index (χ4v) is 6.09. The van der Waals surface area contributed by atoms with Crippen molar-refractivity contribution in [1.82, 2.24) is 9.80 Å². The second-order valence-electron chi connectivity index (χ2n) is 11.1. The van der Waals surface area contributed by atoms with Crippen molar-refractivity contribution in [1.29, 1.82) is 0 Å². The second kappa shape index (κ2) is 13.1. The molecule has 0 radical (unpaired) electrons. The summed E-state index contributed by atoms with van der Waals surface area (Å²) >= 11 is 6.38. The third-order valence-corrected chi connectivity index (χ3v) is 8.56. The van der Waals surface area contributed by atoms with E-state index in [1.54, 1.807) is 31.4 Å². The van der Waals surface area contributed by atoms with E-state index in [-0.39, 0.29) is 17.9 Å². The number of methoxy groups -OCH3 is 1. The molecule has 41 heavy (non-hydrogen) atoms. The first-order chi connectivity index (χ1) is 19.8. The summed E-state index contributed by atoms with van der Waals surface area (Å²) in [6.45, 7) is 7.09. The van der Waals surface area contributed by atoms with E-state index in [1.165, 1.54) is 0 Å². The SMILES string of the molecule is COc1cc(NC(=O)c2ccccc2C)ccc1C(=O)N1c2ccc(Cl)cc2CCCC1CCN1CCN(C)CC1. The molecule has 3 aromatic carbocycles. The molecule has 0 spiro atoms. The van der Waals surface area contributed by atoms with Crippen molar-refractivity contribution in [2.75, 3.05) is 57.1 Å². The predicted molar refractivity (Wildman–Crippen MR) is 166 cm³/mol. The van der Waals surface area contributed by atoms with Gasteiger partial charge in [0.05, 0.1) is 12.7 Å². The van der Waals surface area contributed by atoms with Gasteiger partial charge in [0.1, 0.15) is 5.75 Å². The highest BCUT2D eigenvalue weighted by Crippen LogP contribution is 2.36. The number of ether oxygens (including phenoxy) is 1. The lowest BCUT2D eigenvalue weighted by Crippen LogP contribution is -2.47. The maximum Gasteiger partial charge on any atom is 0.262 e. The summed E-state index contributed by atoms with van der Waals surface area (Å²) in [6.07, 6.45) is 3.68. The van der Waals surface area contributed by atoms with Crippen LogP contribution in [0.1, 0.15) is 51.1 Å². The van der Waals surface area contributed by atoms with Crippen LogP contribution >= 0.6 is 11.6 Å². The zero-order chi connectivity index (χ0) is 28.9. The molecule has 0 aliphatic carbocycles. The van der Waals surface area contributed by atoms with Gasteiger partial charge in [0.25, 0.3) is 11.8 Å². The highest BCUT2D eigenvalue weighted by molar-refractivity contribution is 6.30.